The van der Waals surface area contributed by atoms with E-state index < -0.39 is 0 Å². The van der Waals surface area contributed by atoms with Gasteiger partial charge in [-0.15, -0.1) is 0 Å². The van der Waals surface area contributed by atoms with E-state index in [2.05, 4.69) is 20.8 Å². The van der Waals surface area contributed by atoms with Crippen LogP contribution in [-0.4, -0.2) is 5.54 Å². The Morgan fingerprint density at radius 1 is 0.875 bits per heavy atom. The molecule has 0 unspecified atom stereocenters. The fourth-order valence-corrected chi connectivity index (χ4v) is 1.48. The van der Waals surface area contributed by atoms with E-state index in [4.69, 9.17) is 0 Å². The van der Waals surface area contributed by atoms with Crippen LogP contribution in [0.25, 0.3) is 0 Å². The summed E-state index contributed by atoms with van der Waals surface area (Å²) in [5.74, 6) is 0. The van der Waals surface area contributed by atoms with Crippen LogP contribution < -0.4 is 5.06 Å². The lowest BCUT2D eigenvalue weighted by atomic mass is 9.87. The average molecular weight is 220 g/mol. The van der Waals surface area contributed by atoms with Gasteiger partial charge in [-0.3, -0.25) is 0 Å². The SMILES string of the molecule is CC(C)(C)c1ccc(N([O])C(C)(C)C)cc1. The molecule has 0 fully saturated rings. The normalized spacial score (nSPS) is 12.7. The van der Waals surface area contributed by atoms with Gasteiger partial charge >= 0.3 is 0 Å². The van der Waals surface area contributed by atoms with Crippen LogP contribution in [0.1, 0.15) is 47.1 Å². The second kappa shape index (κ2) is 4.10. The van der Waals surface area contributed by atoms with Gasteiger partial charge in [-0.1, -0.05) is 38.1 Å². The summed E-state index contributed by atoms with van der Waals surface area (Å²) in [5.41, 5.74) is 1.72. The van der Waals surface area contributed by atoms with E-state index in [1.165, 1.54) is 5.56 Å². The predicted octanol–water partition coefficient (Wildman–Crippen LogP) is 3.93. The fourth-order valence-electron chi connectivity index (χ4n) is 1.48. The molecule has 1 aromatic carbocycles. The lowest BCUT2D eigenvalue weighted by molar-refractivity contribution is 0.102. The third kappa shape index (κ3) is 2.99. The molecule has 1 radical (unpaired) electrons. The van der Waals surface area contributed by atoms with Gasteiger partial charge in [-0.05, 0) is 43.9 Å². The zero-order valence-electron chi connectivity index (χ0n) is 11.2. The van der Waals surface area contributed by atoms with Gasteiger partial charge in [0.1, 0.15) is 0 Å². The molecule has 16 heavy (non-hydrogen) atoms. The first-order valence-corrected chi connectivity index (χ1v) is 5.70. The molecule has 0 saturated carbocycles. The van der Waals surface area contributed by atoms with Crippen LogP contribution in [0, 0.1) is 0 Å². The summed E-state index contributed by atoms with van der Waals surface area (Å²) in [6, 6.07) is 7.87. The number of anilines is 1. The zero-order chi connectivity index (χ0) is 12.6. The zero-order valence-corrected chi connectivity index (χ0v) is 11.2. The molecule has 0 bridgehead atoms. The minimum absolute atomic E-state index is 0.133. The number of rotatable bonds is 1. The number of hydrogen-bond donors (Lipinski definition) is 0. The van der Waals surface area contributed by atoms with Crippen LogP contribution in [0.15, 0.2) is 24.3 Å². The Balaban J connectivity index is 2.96. The Bertz CT molecular complexity index is 340. The van der Waals surface area contributed by atoms with Gasteiger partial charge in [0.2, 0.25) is 0 Å². The number of hydroxylamine groups is 1. The molecule has 0 aliphatic rings. The van der Waals surface area contributed by atoms with Crippen LogP contribution in [-0.2, 0) is 10.6 Å². The fraction of sp³-hybridized carbons (Fsp3) is 0.571. The quantitative estimate of drug-likeness (QED) is 0.657. The van der Waals surface area contributed by atoms with Crippen molar-refractivity contribution in [3.8, 4) is 0 Å². The van der Waals surface area contributed by atoms with Crippen LogP contribution in [0.4, 0.5) is 5.69 Å². The molecule has 89 valence electrons. The van der Waals surface area contributed by atoms with Crippen LogP contribution in [0.2, 0.25) is 0 Å². The molecule has 0 aliphatic carbocycles. The maximum absolute atomic E-state index is 11.9. The van der Waals surface area contributed by atoms with Crippen molar-refractivity contribution in [2.24, 2.45) is 0 Å². The Morgan fingerprint density at radius 3 is 1.62 bits per heavy atom. The highest BCUT2D eigenvalue weighted by Crippen LogP contribution is 2.27. The number of nitrogens with zero attached hydrogens (tertiary/aromatic N) is 1. The second-order valence-corrected chi connectivity index (χ2v) is 6.26. The average Bonchev–Trinajstić information content (AvgIpc) is 2.14. The summed E-state index contributed by atoms with van der Waals surface area (Å²) in [7, 11) is 0. The largest absolute Gasteiger partial charge is 0.215 e. The van der Waals surface area contributed by atoms with Gasteiger partial charge in [0.25, 0.3) is 0 Å². The molecule has 0 heterocycles. The highest BCUT2D eigenvalue weighted by atomic mass is 16.5. The Hall–Kier alpha value is -1.02. The molecule has 0 aromatic heterocycles. The van der Waals surface area contributed by atoms with Gasteiger partial charge in [0, 0.05) is 0 Å². The lowest BCUT2D eigenvalue weighted by Gasteiger charge is -2.29. The first-order chi connectivity index (χ1) is 7.12. The van der Waals surface area contributed by atoms with Crippen molar-refractivity contribution in [1.82, 2.24) is 0 Å². The first-order valence-electron chi connectivity index (χ1n) is 5.70. The number of hydrogen-bond acceptors (Lipinski definition) is 1. The van der Waals surface area contributed by atoms with Gasteiger partial charge in [0.05, 0.1) is 11.2 Å². The van der Waals surface area contributed by atoms with Gasteiger partial charge in [-0.2, -0.15) is 0 Å². The molecule has 1 aromatic rings. The van der Waals surface area contributed by atoms with Crippen LogP contribution in [0.5, 0.6) is 0 Å². The van der Waals surface area contributed by atoms with Crippen LogP contribution >= 0.6 is 0 Å². The van der Waals surface area contributed by atoms with E-state index in [-0.39, 0.29) is 11.0 Å². The van der Waals surface area contributed by atoms with Gasteiger partial charge < -0.3 is 0 Å². The molecule has 0 N–H and O–H groups in total. The third-order valence-corrected chi connectivity index (χ3v) is 2.58. The summed E-state index contributed by atoms with van der Waals surface area (Å²) >= 11 is 0. The van der Waals surface area contributed by atoms with Crippen molar-refractivity contribution in [2.45, 2.75) is 52.5 Å². The van der Waals surface area contributed by atoms with E-state index in [9.17, 15) is 5.21 Å². The van der Waals surface area contributed by atoms with Crippen LogP contribution in [0.3, 0.4) is 0 Å². The first kappa shape index (κ1) is 13.0. The van der Waals surface area contributed by atoms with Gasteiger partial charge in [-0.25, -0.2) is 5.06 Å². The van der Waals surface area contributed by atoms with Crippen molar-refractivity contribution in [3.63, 3.8) is 0 Å². The van der Waals surface area contributed by atoms with E-state index in [0.717, 1.165) is 10.8 Å². The molecule has 0 aliphatic heterocycles. The van der Waals surface area contributed by atoms with E-state index in [1.807, 2.05) is 45.0 Å². The maximum atomic E-state index is 11.9. The summed E-state index contributed by atoms with van der Waals surface area (Å²) in [6.45, 7) is 12.2. The highest BCUT2D eigenvalue weighted by molar-refractivity contribution is 5.47. The van der Waals surface area contributed by atoms with Crippen molar-refractivity contribution in [1.29, 1.82) is 0 Å². The molecule has 2 heteroatoms. The van der Waals surface area contributed by atoms with Crippen molar-refractivity contribution in [3.05, 3.63) is 29.8 Å². The molecular formula is C14H22NO. The molecule has 2 nitrogen and oxygen atoms in total. The third-order valence-electron chi connectivity index (χ3n) is 2.58. The van der Waals surface area contributed by atoms with Crippen molar-refractivity contribution < 1.29 is 5.21 Å². The molecule has 0 amide bonds. The predicted molar refractivity (Wildman–Crippen MR) is 68.1 cm³/mol. The monoisotopic (exact) mass is 220 g/mol. The highest BCUT2D eigenvalue weighted by Gasteiger charge is 2.22. The Morgan fingerprint density at radius 2 is 1.31 bits per heavy atom. The second-order valence-electron chi connectivity index (χ2n) is 6.26. The minimum atomic E-state index is -0.386. The molecule has 1 rings (SSSR count). The molecular weight excluding hydrogens is 198 g/mol. The summed E-state index contributed by atoms with van der Waals surface area (Å²) in [4.78, 5) is 0. The van der Waals surface area contributed by atoms with E-state index in [0.29, 0.717) is 0 Å². The summed E-state index contributed by atoms with van der Waals surface area (Å²) < 4.78 is 0. The number of benzene rings is 1. The standard InChI is InChI=1S/C14H22NO/c1-13(2,3)11-7-9-12(10-8-11)15(16)14(4,5)6/h7-10H,1-6H3. The summed E-state index contributed by atoms with van der Waals surface area (Å²) in [5, 5.41) is 13.0. The summed E-state index contributed by atoms with van der Waals surface area (Å²) in [6.07, 6.45) is 0. The smallest absolute Gasteiger partial charge is 0.0674 e. The van der Waals surface area contributed by atoms with Crippen molar-refractivity contribution >= 4 is 5.69 Å². The maximum Gasteiger partial charge on any atom is 0.0674 e. The van der Waals surface area contributed by atoms with E-state index >= 15 is 0 Å². The molecule has 0 atom stereocenters. The molecule has 0 saturated heterocycles. The Labute approximate surface area is 98.9 Å². The van der Waals surface area contributed by atoms with E-state index in [1.54, 1.807) is 0 Å². The molecule has 0 spiro atoms. The van der Waals surface area contributed by atoms with Crippen molar-refractivity contribution in [2.75, 3.05) is 5.06 Å². The lowest BCUT2D eigenvalue weighted by Crippen LogP contribution is -2.37. The Kier molecular flexibility index (Phi) is 3.34. The topological polar surface area (TPSA) is 23.1 Å². The minimum Gasteiger partial charge on any atom is -0.215 e. The van der Waals surface area contributed by atoms with Gasteiger partial charge in [0.15, 0.2) is 0 Å².